The zero-order chi connectivity index (χ0) is 23.6. The Morgan fingerprint density at radius 3 is 2.21 bits per heavy atom. The molecule has 172 valence electrons. The number of fused-ring (bicyclic) bond motifs is 3. The van der Waals surface area contributed by atoms with Crippen molar-refractivity contribution in [1.82, 2.24) is 10.6 Å². The van der Waals surface area contributed by atoms with E-state index in [-0.39, 0.29) is 19.1 Å². The number of hydrogen-bond donors (Lipinski definition) is 3. The molecule has 1 saturated carbocycles. The highest BCUT2D eigenvalue weighted by atomic mass is 19.3. The fourth-order valence-corrected chi connectivity index (χ4v) is 4.27. The first-order valence-corrected chi connectivity index (χ1v) is 10.4. The topological polar surface area (TPSA) is 105 Å². The van der Waals surface area contributed by atoms with Crippen LogP contribution in [0.2, 0.25) is 0 Å². The van der Waals surface area contributed by atoms with Gasteiger partial charge in [0.1, 0.15) is 12.5 Å². The lowest BCUT2D eigenvalue weighted by molar-refractivity contribution is -0.131. The van der Waals surface area contributed by atoms with E-state index in [1.54, 1.807) is 0 Å². The maximum Gasteiger partial charge on any atom is 0.407 e. The van der Waals surface area contributed by atoms with Crippen LogP contribution < -0.4 is 10.6 Å². The fourth-order valence-electron chi connectivity index (χ4n) is 4.27. The molecule has 0 spiro atoms. The van der Waals surface area contributed by atoms with Gasteiger partial charge in [-0.15, -0.1) is 0 Å². The number of carbonyl (C=O) groups is 3. The Hall–Kier alpha value is -3.75. The van der Waals surface area contributed by atoms with E-state index in [2.05, 4.69) is 10.6 Å². The number of alkyl halides is 2. The monoisotopic (exact) mass is 456 g/mol. The minimum atomic E-state index is -3.25. The third-order valence-electron chi connectivity index (χ3n) is 5.95. The highest BCUT2D eigenvalue weighted by molar-refractivity contribution is 5.84. The number of rotatable bonds is 8. The van der Waals surface area contributed by atoms with Crippen molar-refractivity contribution < 1.29 is 33.0 Å². The summed E-state index contributed by atoms with van der Waals surface area (Å²) in [6.07, 6.45) is 1.12. The van der Waals surface area contributed by atoms with E-state index < -0.39 is 42.3 Å². The van der Waals surface area contributed by atoms with E-state index in [4.69, 9.17) is 9.84 Å². The quantitative estimate of drug-likeness (QED) is 0.530. The van der Waals surface area contributed by atoms with Gasteiger partial charge in [-0.2, -0.15) is 0 Å². The predicted octanol–water partition coefficient (Wildman–Crippen LogP) is 3.16. The standard InChI is InChI=1S/C24H22F2N2O5/c25-24(26)19(21(24)22(31)27-11-5-10-20(29)30)12-28-23(32)33-13-18-16-8-3-1-6-14(16)15-7-2-4-9-17(15)18/h1-10,18-19,21H,11-13H2,(H,27,31)(H,28,32)(H,29,30)/b10-5+. The van der Waals surface area contributed by atoms with Gasteiger partial charge in [0.15, 0.2) is 0 Å². The van der Waals surface area contributed by atoms with E-state index in [1.165, 1.54) is 0 Å². The fraction of sp³-hybridized carbons (Fsp3) is 0.292. The smallest absolute Gasteiger partial charge is 0.407 e. The number of alkyl carbamates (subject to hydrolysis) is 1. The van der Waals surface area contributed by atoms with Gasteiger partial charge in [0.2, 0.25) is 5.91 Å². The molecule has 2 atom stereocenters. The number of amides is 2. The molecule has 9 heteroatoms. The molecule has 0 aliphatic heterocycles. The van der Waals surface area contributed by atoms with Crippen LogP contribution in [0.15, 0.2) is 60.7 Å². The molecule has 7 nitrogen and oxygen atoms in total. The summed E-state index contributed by atoms with van der Waals surface area (Å²) < 4.78 is 33.3. The first-order valence-electron chi connectivity index (χ1n) is 10.4. The van der Waals surface area contributed by atoms with Gasteiger partial charge < -0.3 is 20.5 Å². The van der Waals surface area contributed by atoms with Gasteiger partial charge in [0, 0.05) is 25.1 Å². The van der Waals surface area contributed by atoms with Crippen LogP contribution in [-0.2, 0) is 14.3 Å². The van der Waals surface area contributed by atoms with Crippen LogP contribution in [0.5, 0.6) is 0 Å². The second-order valence-corrected chi connectivity index (χ2v) is 7.95. The summed E-state index contributed by atoms with van der Waals surface area (Å²) in [5.74, 6) is -8.42. The molecule has 2 unspecified atom stereocenters. The first kappa shape index (κ1) is 22.4. The number of carboxylic acids is 1. The molecule has 0 radical (unpaired) electrons. The Kier molecular flexibility index (Phi) is 6.13. The zero-order valence-electron chi connectivity index (χ0n) is 17.5. The average Bonchev–Trinajstić information content (AvgIpc) is 3.20. The summed E-state index contributed by atoms with van der Waals surface area (Å²) in [4.78, 5) is 34.5. The summed E-state index contributed by atoms with van der Waals surface area (Å²) in [5.41, 5.74) is 4.22. The maximum atomic E-state index is 14.0. The zero-order valence-corrected chi connectivity index (χ0v) is 17.5. The van der Waals surface area contributed by atoms with Crippen molar-refractivity contribution in [3.8, 4) is 11.1 Å². The first-order chi connectivity index (χ1) is 15.8. The van der Waals surface area contributed by atoms with Gasteiger partial charge in [-0.25, -0.2) is 18.4 Å². The van der Waals surface area contributed by atoms with Crippen LogP contribution in [0.1, 0.15) is 17.0 Å². The van der Waals surface area contributed by atoms with Crippen LogP contribution in [0.4, 0.5) is 13.6 Å². The Morgan fingerprint density at radius 2 is 1.61 bits per heavy atom. The highest BCUT2D eigenvalue weighted by Gasteiger charge is 2.71. The van der Waals surface area contributed by atoms with Gasteiger partial charge >= 0.3 is 12.1 Å². The molecular formula is C24H22F2N2O5. The summed E-state index contributed by atoms with van der Waals surface area (Å²) >= 11 is 0. The molecule has 33 heavy (non-hydrogen) atoms. The molecule has 0 heterocycles. The van der Waals surface area contributed by atoms with E-state index in [9.17, 15) is 23.2 Å². The Labute approximate surface area is 188 Å². The van der Waals surface area contributed by atoms with E-state index in [0.29, 0.717) is 0 Å². The van der Waals surface area contributed by atoms with Crippen molar-refractivity contribution in [2.45, 2.75) is 11.8 Å². The van der Waals surface area contributed by atoms with Crippen molar-refractivity contribution in [2.75, 3.05) is 19.7 Å². The lowest BCUT2D eigenvalue weighted by Crippen LogP contribution is -2.30. The predicted molar refractivity (Wildman–Crippen MR) is 115 cm³/mol. The van der Waals surface area contributed by atoms with Crippen LogP contribution in [0.25, 0.3) is 11.1 Å². The average molecular weight is 456 g/mol. The van der Waals surface area contributed by atoms with Crippen molar-refractivity contribution in [1.29, 1.82) is 0 Å². The number of halogens is 2. The number of carbonyl (C=O) groups excluding carboxylic acids is 2. The molecule has 2 aliphatic carbocycles. The largest absolute Gasteiger partial charge is 0.478 e. The van der Waals surface area contributed by atoms with Crippen LogP contribution in [0, 0.1) is 11.8 Å². The van der Waals surface area contributed by atoms with Gasteiger partial charge in [-0.05, 0) is 22.3 Å². The van der Waals surface area contributed by atoms with E-state index in [1.807, 2.05) is 48.5 Å². The van der Waals surface area contributed by atoms with Crippen molar-refractivity contribution in [2.24, 2.45) is 11.8 Å². The van der Waals surface area contributed by atoms with E-state index in [0.717, 1.165) is 34.4 Å². The highest BCUT2D eigenvalue weighted by Crippen LogP contribution is 2.55. The molecule has 2 aromatic carbocycles. The van der Waals surface area contributed by atoms with Crippen molar-refractivity contribution >= 4 is 18.0 Å². The molecular weight excluding hydrogens is 434 g/mol. The number of ether oxygens (including phenoxy) is 1. The second-order valence-electron chi connectivity index (χ2n) is 7.95. The number of carboxylic acid groups (broad SMARTS) is 1. The number of benzene rings is 2. The lowest BCUT2D eigenvalue weighted by atomic mass is 9.98. The SMILES string of the molecule is O=C(O)/C=C/CNC(=O)C1C(CNC(=O)OCC2c3ccccc3-c3ccccc32)C1(F)F. The van der Waals surface area contributed by atoms with Gasteiger partial charge in [-0.3, -0.25) is 4.79 Å². The van der Waals surface area contributed by atoms with Gasteiger partial charge in [0.05, 0.1) is 5.92 Å². The number of nitrogens with one attached hydrogen (secondary N) is 2. The van der Waals surface area contributed by atoms with Crippen LogP contribution in [0.3, 0.4) is 0 Å². The summed E-state index contributed by atoms with van der Waals surface area (Å²) in [7, 11) is 0. The Balaban J connectivity index is 1.28. The van der Waals surface area contributed by atoms with Crippen LogP contribution in [-0.4, -0.2) is 48.7 Å². The molecule has 0 aromatic heterocycles. The molecule has 2 aromatic rings. The molecule has 3 N–H and O–H groups in total. The Bertz CT molecular complexity index is 1070. The minimum absolute atomic E-state index is 0.0563. The third kappa shape index (κ3) is 4.57. The van der Waals surface area contributed by atoms with Gasteiger partial charge in [0.25, 0.3) is 5.92 Å². The minimum Gasteiger partial charge on any atom is -0.478 e. The molecule has 0 bridgehead atoms. The molecule has 2 aliphatic rings. The molecule has 0 saturated heterocycles. The number of aliphatic carboxylic acids is 1. The molecule has 4 rings (SSSR count). The molecule has 1 fully saturated rings. The second kappa shape index (κ2) is 9.01. The summed E-state index contributed by atoms with van der Waals surface area (Å²) in [5, 5.41) is 13.1. The van der Waals surface area contributed by atoms with Crippen molar-refractivity contribution in [3.05, 3.63) is 71.8 Å². The van der Waals surface area contributed by atoms with Gasteiger partial charge in [-0.1, -0.05) is 54.6 Å². The summed E-state index contributed by atoms with van der Waals surface area (Å²) in [6.45, 7) is -0.530. The molecule has 2 amide bonds. The third-order valence-corrected chi connectivity index (χ3v) is 5.95. The number of hydrogen-bond acceptors (Lipinski definition) is 4. The maximum absolute atomic E-state index is 14.0. The van der Waals surface area contributed by atoms with Crippen molar-refractivity contribution in [3.63, 3.8) is 0 Å². The summed E-state index contributed by atoms with van der Waals surface area (Å²) in [6, 6.07) is 15.7. The van der Waals surface area contributed by atoms with E-state index >= 15 is 0 Å². The normalized spacial score (nSPS) is 20.1. The lowest BCUT2D eigenvalue weighted by Gasteiger charge is -2.14. The van der Waals surface area contributed by atoms with Crippen LogP contribution >= 0.6 is 0 Å². The Morgan fingerprint density at radius 1 is 1.00 bits per heavy atom.